The highest BCUT2D eigenvalue weighted by Gasteiger charge is 2.30. The summed E-state index contributed by atoms with van der Waals surface area (Å²) >= 11 is 6.46. The van der Waals surface area contributed by atoms with Crippen molar-refractivity contribution in [2.45, 2.75) is 89.8 Å². The van der Waals surface area contributed by atoms with Crippen molar-refractivity contribution in [2.24, 2.45) is 5.92 Å². The number of rotatable bonds is 7. The Labute approximate surface area is 250 Å². The van der Waals surface area contributed by atoms with Crippen LogP contribution < -0.4 is 5.32 Å². The highest BCUT2D eigenvalue weighted by Crippen LogP contribution is 2.34. The molecule has 41 heavy (non-hydrogen) atoms. The Morgan fingerprint density at radius 3 is 2.37 bits per heavy atom. The second kappa shape index (κ2) is 13.2. The molecule has 1 saturated carbocycles. The molecule has 3 heterocycles. The number of piperidine rings is 2. The molecule has 1 unspecified atom stereocenters. The molecule has 2 saturated heterocycles. The van der Waals surface area contributed by atoms with Gasteiger partial charge in [-0.2, -0.15) is 0 Å². The van der Waals surface area contributed by atoms with E-state index in [2.05, 4.69) is 46.3 Å². The van der Waals surface area contributed by atoms with Crippen LogP contribution in [0.1, 0.15) is 87.1 Å². The number of aromatic nitrogens is 1. The first-order valence-electron chi connectivity index (χ1n) is 16.0. The smallest absolute Gasteiger partial charge is 0.252 e. The zero-order chi connectivity index (χ0) is 28.2. The maximum Gasteiger partial charge on any atom is 0.252 e. The summed E-state index contributed by atoms with van der Waals surface area (Å²) in [5.74, 6) is 0.564. The number of nitrogens with one attached hydrogen (secondary N) is 1. The second-order valence-corrected chi connectivity index (χ2v) is 13.0. The van der Waals surface area contributed by atoms with Gasteiger partial charge in [0.15, 0.2) is 0 Å². The van der Waals surface area contributed by atoms with E-state index in [4.69, 9.17) is 16.6 Å². The summed E-state index contributed by atoms with van der Waals surface area (Å²) in [6, 6.07) is 17.0. The number of carbonyl (C=O) groups excluding carboxylic acids is 1. The highest BCUT2D eigenvalue weighted by molar-refractivity contribution is 6.31. The van der Waals surface area contributed by atoms with E-state index < -0.39 is 0 Å². The van der Waals surface area contributed by atoms with Crippen molar-refractivity contribution in [3.63, 3.8) is 0 Å². The van der Waals surface area contributed by atoms with Crippen LogP contribution in [0.2, 0.25) is 5.02 Å². The first-order chi connectivity index (χ1) is 20.1. The lowest BCUT2D eigenvalue weighted by Crippen LogP contribution is -2.46. The highest BCUT2D eigenvalue weighted by atomic mass is 35.5. The van der Waals surface area contributed by atoms with E-state index >= 15 is 0 Å². The van der Waals surface area contributed by atoms with Crippen LogP contribution in [0.15, 0.2) is 48.5 Å². The number of amides is 1. The average Bonchev–Trinajstić information content (AvgIpc) is 3.02. The molecule has 0 bridgehead atoms. The van der Waals surface area contributed by atoms with Gasteiger partial charge in [-0.25, -0.2) is 4.98 Å². The molecule has 3 aliphatic rings. The number of pyridine rings is 1. The zero-order valence-electron chi connectivity index (χ0n) is 24.6. The molecular weight excluding hydrogens is 528 g/mol. The lowest BCUT2D eigenvalue weighted by atomic mass is 9.84. The number of halogens is 1. The Hall–Kier alpha value is -2.47. The Morgan fingerprint density at radius 2 is 1.63 bits per heavy atom. The van der Waals surface area contributed by atoms with E-state index in [-0.39, 0.29) is 11.9 Å². The van der Waals surface area contributed by atoms with Crippen LogP contribution in [-0.4, -0.2) is 59.0 Å². The maximum absolute atomic E-state index is 14.3. The van der Waals surface area contributed by atoms with Gasteiger partial charge in [-0.05, 0) is 89.7 Å². The minimum Gasteiger partial charge on any atom is -0.349 e. The van der Waals surface area contributed by atoms with Gasteiger partial charge in [0.05, 0.1) is 16.8 Å². The third-order valence-electron chi connectivity index (χ3n) is 9.88. The summed E-state index contributed by atoms with van der Waals surface area (Å²) in [5, 5.41) is 4.98. The first kappa shape index (κ1) is 28.6. The van der Waals surface area contributed by atoms with Crippen molar-refractivity contribution in [3.05, 3.63) is 64.7 Å². The summed E-state index contributed by atoms with van der Waals surface area (Å²) in [6.07, 6.45) is 12.7. The van der Waals surface area contributed by atoms with Crippen molar-refractivity contribution in [2.75, 3.05) is 26.2 Å². The van der Waals surface area contributed by atoms with Gasteiger partial charge in [0.25, 0.3) is 5.91 Å². The SMILES string of the molecule is CC(NC(=O)c1c(CN2CCC(N3CCCCC3)CC2)c(-c2ccccc2)nc2cc(Cl)ccc12)C1CCCCC1. The Balaban J connectivity index is 1.35. The molecule has 3 fully saturated rings. The monoisotopic (exact) mass is 572 g/mol. The van der Waals surface area contributed by atoms with Gasteiger partial charge in [0, 0.05) is 40.2 Å². The van der Waals surface area contributed by atoms with Crippen LogP contribution in [0, 0.1) is 5.92 Å². The van der Waals surface area contributed by atoms with Crippen LogP contribution in [0.4, 0.5) is 0 Å². The molecule has 1 amide bonds. The summed E-state index contributed by atoms with van der Waals surface area (Å²) in [4.78, 5) is 24.8. The third kappa shape index (κ3) is 6.63. The summed E-state index contributed by atoms with van der Waals surface area (Å²) in [5.41, 5.74) is 4.53. The summed E-state index contributed by atoms with van der Waals surface area (Å²) in [7, 11) is 0. The first-order valence-corrected chi connectivity index (χ1v) is 16.4. The Bertz CT molecular complexity index is 1330. The zero-order valence-corrected chi connectivity index (χ0v) is 25.3. The van der Waals surface area contributed by atoms with Gasteiger partial charge in [-0.3, -0.25) is 9.69 Å². The van der Waals surface area contributed by atoms with Gasteiger partial charge < -0.3 is 10.2 Å². The predicted molar refractivity (Wildman–Crippen MR) is 169 cm³/mol. The number of carbonyl (C=O) groups is 1. The van der Waals surface area contributed by atoms with Crippen molar-refractivity contribution in [1.82, 2.24) is 20.1 Å². The average molecular weight is 573 g/mol. The number of likely N-dealkylation sites (tertiary alicyclic amines) is 2. The lowest BCUT2D eigenvalue weighted by Gasteiger charge is -2.40. The molecule has 5 nitrogen and oxygen atoms in total. The quantitative estimate of drug-likeness (QED) is 0.315. The molecule has 0 radical (unpaired) electrons. The predicted octanol–water partition coefficient (Wildman–Crippen LogP) is 7.70. The minimum atomic E-state index is 0.0215. The fourth-order valence-corrected chi connectivity index (χ4v) is 7.67. The fourth-order valence-electron chi connectivity index (χ4n) is 7.51. The Kier molecular flexibility index (Phi) is 9.24. The van der Waals surface area contributed by atoms with Gasteiger partial charge in [0.2, 0.25) is 0 Å². The van der Waals surface area contributed by atoms with Crippen LogP contribution in [-0.2, 0) is 6.54 Å². The maximum atomic E-state index is 14.3. The normalized spacial score (nSPS) is 20.7. The molecule has 218 valence electrons. The summed E-state index contributed by atoms with van der Waals surface area (Å²) < 4.78 is 0. The van der Waals surface area contributed by atoms with Crippen molar-refractivity contribution >= 4 is 28.4 Å². The van der Waals surface area contributed by atoms with E-state index in [0.29, 0.717) is 17.0 Å². The molecule has 1 aromatic heterocycles. The molecular formula is C35H45ClN4O. The number of hydrogen-bond acceptors (Lipinski definition) is 4. The molecule has 2 aromatic carbocycles. The van der Waals surface area contributed by atoms with E-state index in [1.165, 1.54) is 77.3 Å². The third-order valence-corrected chi connectivity index (χ3v) is 10.1. The molecule has 1 atom stereocenters. The molecule has 1 N–H and O–H groups in total. The number of hydrogen-bond donors (Lipinski definition) is 1. The van der Waals surface area contributed by atoms with E-state index in [1.807, 2.05) is 24.3 Å². The van der Waals surface area contributed by atoms with Gasteiger partial charge in [-0.15, -0.1) is 0 Å². The Morgan fingerprint density at radius 1 is 0.927 bits per heavy atom. The van der Waals surface area contributed by atoms with Crippen molar-refractivity contribution in [3.8, 4) is 11.3 Å². The lowest BCUT2D eigenvalue weighted by molar-refractivity contribution is 0.0878. The number of benzene rings is 2. The van der Waals surface area contributed by atoms with Crippen LogP contribution >= 0.6 is 11.6 Å². The molecule has 0 spiro atoms. The standard InChI is InChI=1S/C35H45ClN4O/c1-25(26-11-5-2-6-12-26)37-35(41)33-30-16-15-28(36)23-32(30)38-34(27-13-7-3-8-14-27)31(33)24-39-21-17-29(18-22-39)40-19-9-4-10-20-40/h3,7-8,13-16,23,25-26,29H,2,4-6,9-12,17-22,24H2,1H3,(H,37,41). The second-order valence-electron chi connectivity index (χ2n) is 12.6. The molecule has 2 aliphatic heterocycles. The summed E-state index contributed by atoms with van der Waals surface area (Å²) in [6.45, 7) is 7.52. The van der Waals surface area contributed by atoms with Crippen LogP contribution in [0.3, 0.4) is 0 Å². The van der Waals surface area contributed by atoms with Gasteiger partial charge >= 0.3 is 0 Å². The number of fused-ring (bicyclic) bond motifs is 1. The largest absolute Gasteiger partial charge is 0.349 e. The van der Waals surface area contributed by atoms with E-state index in [9.17, 15) is 4.79 Å². The van der Waals surface area contributed by atoms with Crippen molar-refractivity contribution in [1.29, 1.82) is 0 Å². The molecule has 1 aliphatic carbocycles. The molecule has 3 aromatic rings. The van der Waals surface area contributed by atoms with Gasteiger partial charge in [-0.1, -0.05) is 73.7 Å². The van der Waals surface area contributed by atoms with Gasteiger partial charge in [0.1, 0.15) is 0 Å². The fraction of sp³-hybridized carbons (Fsp3) is 0.543. The minimum absolute atomic E-state index is 0.0215. The van der Waals surface area contributed by atoms with E-state index in [1.54, 1.807) is 0 Å². The van der Waals surface area contributed by atoms with Crippen LogP contribution in [0.25, 0.3) is 22.2 Å². The topological polar surface area (TPSA) is 48.5 Å². The van der Waals surface area contributed by atoms with Crippen molar-refractivity contribution < 1.29 is 4.79 Å². The molecule has 6 rings (SSSR count). The van der Waals surface area contributed by atoms with E-state index in [0.717, 1.165) is 52.9 Å². The number of nitrogens with zero attached hydrogens (tertiary/aromatic N) is 3. The van der Waals surface area contributed by atoms with Crippen LogP contribution in [0.5, 0.6) is 0 Å². The molecule has 6 heteroatoms.